The van der Waals surface area contributed by atoms with E-state index in [1.165, 1.54) is 0 Å². The van der Waals surface area contributed by atoms with Gasteiger partial charge in [0, 0.05) is 18.9 Å². The molecule has 0 amide bonds. The Morgan fingerprint density at radius 2 is 2.20 bits per heavy atom. The third-order valence-electron chi connectivity index (χ3n) is 2.53. The molecule has 9 heteroatoms. The lowest BCUT2D eigenvalue weighted by Crippen LogP contribution is -2.27. The number of carboxylic acid groups (broad SMARTS) is 1. The highest BCUT2D eigenvalue weighted by atomic mass is 32.2. The Hall–Kier alpha value is -2.26. The monoisotopic (exact) mass is 296 g/mol. The second-order valence-electron chi connectivity index (χ2n) is 3.93. The lowest BCUT2D eigenvalue weighted by molar-refractivity contribution is 0.0692. The Labute approximate surface area is 114 Å². The molecule has 0 unspecified atom stereocenters. The standard InChI is InChI=1S/C11H12N4O4S/c16-11(17)9-7-13-15-10(9)20(18,19)14-5-3-8-2-1-4-12-6-8/h1-2,4,6-7,14H,3,5H2,(H,13,15)(H,16,17). The van der Waals surface area contributed by atoms with E-state index in [1.54, 1.807) is 18.5 Å². The normalized spacial score (nSPS) is 11.4. The van der Waals surface area contributed by atoms with Crippen molar-refractivity contribution in [2.75, 3.05) is 6.54 Å². The van der Waals surface area contributed by atoms with Crippen LogP contribution in [0.3, 0.4) is 0 Å². The van der Waals surface area contributed by atoms with Crippen LogP contribution in [0, 0.1) is 0 Å². The van der Waals surface area contributed by atoms with Gasteiger partial charge < -0.3 is 5.11 Å². The number of rotatable bonds is 6. The van der Waals surface area contributed by atoms with Gasteiger partial charge in [-0.15, -0.1) is 0 Å². The molecule has 106 valence electrons. The molecule has 2 heterocycles. The van der Waals surface area contributed by atoms with Crippen LogP contribution in [0.1, 0.15) is 15.9 Å². The topological polar surface area (TPSA) is 125 Å². The van der Waals surface area contributed by atoms with Gasteiger partial charge in [-0.05, 0) is 18.1 Å². The predicted molar refractivity (Wildman–Crippen MR) is 68.7 cm³/mol. The molecule has 20 heavy (non-hydrogen) atoms. The summed E-state index contributed by atoms with van der Waals surface area (Å²) in [6.45, 7) is 0.131. The van der Waals surface area contributed by atoms with Gasteiger partial charge in [0.1, 0.15) is 5.56 Å². The SMILES string of the molecule is O=C(O)c1cn[nH]c1S(=O)(=O)NCCc1cccnc1. The van der Waals surface area contributed by atoms with Crippen LogP contribution in [0.5, 0.6) is 0 Å². The van der Waals surface area contributed by atoms with Crippen molar-refractivity contribution >= 4 is 16.0 Å². The zero-order valence-electron chi connectivity index (χ0n) is 10.3. The lowest BCUT2D eigenvalue weighted by atomic mass is 10.2. The summed E-state index contributed by atoms with van der Waals surface area (Å²) in [5.41, 5.74) is 0.483. The second kappa shape index (κ2) is 5.80. The molecule has 0 atom stereocenters. The minimum absolute atomic E-state index is 0.131. The number of aromatic amines is 1. The van der Waals surface area contributed by atoms with Crippen LogP contribution >= 0.6 is 0 Å². The first-order chi connectivity index (χ1) is 9.50. The zero-order chi connectivity index (χ0) is 14.6. The summed E-state index contributed by atoms with van der Waals surface area (Å²) in [5, 5.41) is 14.0. The van der Waals surface area contributed by atoms with Gasteiger partial charge in [-0.2, -0.15) is 5.10 Å². The third-order valence-corrected chi connectivity index (χ3v) is 3.96. The first-order valence-electron chi connectivity index (χ1n) is 5.66. The van der Waals surface area contributed by atoms with Gasteiger partial charge in [0.2, 0.25) is 0 Å². The summed E-state index contributed by atoms with van der Waals surface area (Å²) in [7, 11) is -3.93. The molecule has 0 aliphatic heterocycles. The first kappa shape index (κ1) is 14.2. The Morgan fingerprint density at radius 3 is 2.85 bits per heavy atom. The summed E-state index contributed by atoms with van der Waals surface area (Å²) in [6.07, 6.45) is 4.66. The van der Waals surface area contributed by atoms with Gasteiger partial charge in [0.05, 0.1) is 6.20 Å². The van der Waals surface area contributed by atoms with E-state index in [0.717, 1.165) is 11.8 Å². The molecular weight excluding hydrogens is 284 g/mol. The van der Waals surface area contributed by atoms with Crippen LogP contribution in [0.25, 0.3) is 0 Å². The van der Waals surface area contributed by atoms with Crippen LogP contribution in [-0.2, 0) is 16.4 Å². The van der Waals surface area contributed by atoms with Crippen molar-refractivity contribution in [2.45, 2.75) is 11.4 Å². The van der Waals surface area contributed by atoms with Crippen molar-refractivity contribution in [3.05, 3.63) is 41.9 Å². The fourth-order valence-electron chi connectivity index (χ4n) is 1.58. The Bertz CT molecular complexity index is 696. The van der Waals surface area contributed by atoms with Gasteiger partial charge in [0.15, 0.2) is 5.03 Å². The van der Waals surface area contributed by atoms with Crippen LogP contribution in [-0.4, -0.2) is 41.2 Å². The summed E-state index contributed by atoms with van der Waals surface area (Å²) in [4.78, 5) is 14.8. The highest BCUT2D eigenvalue weighted by Gasteiger charge is 2.24. The van der Waals surface area contributed by atoms with E-state index >= 15 is 0 Å². The lowest BCUT2D eigenvalue weighted by Gasteiger charge is -2.05. The highest BCUT2D eigenvalue weighted by molar-refractivity contribution is 7.89. The molecular formula is C11H12N4O4S. The summed E-state index contributed by atoms with van der Waals surface area (Å²) < 4.78 is 26.2. The van der Waals surface area contributed by atoms with Crippen molar-refractivity contribution < 1.29 is 18.3 Å². The van der Waals surface area contributed by atoms with Gasteiger partial charge in [-0.3, -0.25) is 10.1 Å². The number of aromatic carboxylic acids is 1. The van der Waals surface area contributed by atoms with Crippen molar-refractivity contribution in [1.29, 1.82) is 0 Å². The van der Waals surface area contributed by atoms with Gasteiger partial charge in [-0.1, -0.05) is 6.07 Å². The molecule has 0 bridgehead atoms. The number of hydrogen-bond acceptors (Lipinski definition) is 5. The maximum Gasteiger partial charge on any atom is 0.340 e. The maximum atomic E-state index is 11.9. The van der Waals surface area contributed by atoms with Crippen LogP contribution in [0.2, 0.25) is 0 Å². The van der Waals surface area contributed by atoms with E-state index in [2.05, 4.69) is 19.9 Å². The zero-order valence-corrected chi connectivity index (χ0v) is 11.1. The third kappa shape index (κ3) is 3.19. The molecule has 2 aromatic heterocycles. The second-order valence-corrected chi connectivity index (χ2v) is 5.63. The van der Waals surface area contributed by atoms with Crippen LogP contribution in [0.4, 0.5) is 0 Å². The van der Waals surface area contributed by atoms with E-state index in [9.17, 15) is 13.2 Å². The fourth-order valence-corrected chi connectivity index (χ4v) is 2.70. The predicted octanol–water partition coefficient (Wildman–Crippen LogP) is 0.0239. The number of pyridine rings is 1. The smallest absolute Gasteiger partial charge is 0.340 e. The number of nitrogens with one attached hydrogen (secondary N) is 2. The Morgan fingerprint density at radius 1 is 1.40 bits per heavy atom. The molecule has 0 saturated carbocycles. The Kier molecular flexibility index (Phi) is 4.11. The molecule has 8 nitrogen and oxygen atoms in total. The van der Waals surface area contributed by atoms with Crippen molar-refractivity contribution in [3.63, 3.8) is 0 Å². The van der Waals surface area contributed by atoms with Crippen molar-refractivity contribution in [1.82, 2.24) is 19.9 Å². The molecule has 0 spiro atoms. The van der Waals surface area contributed by atoms with E-state index in [0.29, 0.717) is 6.42 Å². The van der Waals surface area contributed by atoms with Crippen LogP contribution in [0.15, 0.2) is 35.7 Å². The molecule has 0 radical (unpaired) electrons. The van der Waals surface area contributed by atoms with E-state index < -0.39 is 21.0 Å². The number of sulfonamides is 1. The van der Waals surface area contributed by atoms with Crippen molar-refractivity contribution in [2.24, 2.45) is 0 Å². The minimum Gasteiger partial charge on any atom is -0.478 e. The molecule has 0 aliphatic rings. The molecule has 2 rings (SSSR count). The number of H-pyrrole nitrogens is 1. The van der Waals surface area contributed by atoms with E-state index in [1.807, 2.05) is 6.07 Å². The molecule has 0 aromatic carbocycles. The molecule has 3 N–H and O–H groups in total. The fraction of sp³-hybridized carbons (Fsp3) is 0.182. The highest BCUT2D eigenvalue weighted by Crippen LogP contribution is 2.11. The quantitative estimate of drug-likeness (QED) is 0.690. The number of carbonyl (C=O) groups is 1. The molecule has 0 saturated heterocycles. The van der Waals surface area contributed by atoms with Crippen molar-refractivity contribution in [3.8, 4) is 0 Å². The summed E-state index contributed by atoms with van der Waals surface area (Å²) in [6, 6.07) is 3.57. The number of aromatic nitrogens is 3. The van der Waals surface area contributed by atoms with Crippen LogP contribution < -0.4 is 4.72 Å². The molecule has 2 aromatic rings. The maximum absolute atomic E-state index is 11.9. The number of hydrogen-bond donors (Lipinski definition) is 3. The minimum atomic E-state index is -3.93. The molecule has 0 aliphatic carbocycles. The average molecular weight is 296 g/mol. The van der Waals surface area contributed by atoms with E-state index in [-0.39, 0.29) is 12.1 Å². The van der Waals surface area contributed by atoms with Gasteiger partial charge in [-0.25, -0.2) is 17.9 Å². The van der Waals surface area contributed by atoms with Gasteiger partial charge in [0.25, 0.3) is 10.0 Å². The number of carboxylic acids is 1. The largest absolute Gasteiger partial charge is 0.478 e. The average Bonchev–Trinajstić information content (AvgIpc) is 2.90. The summed E-state index contributed by atoms with van der Waals surface area (Å²) in [5.74, 6) is -1.36. The van der Waals surface area contributed by atoms with E-state index in [4.69, 9.17) is 5.11 Å². The number of nitrogens with zero attached hydrogens (tertiary/aromatic N) is 2. The Balaban J connectivity index is 2.04. The summed E-state index contributed by atoms with van der Waals surface area (Å²) >= 11 is 0. The van der Waals surface area contributed by atoms with Gasteiger partial charge >= 0.3 is 5.97 Å². The molecule has 0 fully saturated rings. The first-order valence-corrected chi connectivity index (χ1v) is 7.14.